The Morgan fingerprint density at radius 1 is 1.15 bits per heavy atom. The fourth-order valence-electron chi connectivity index (χ4n) is 2.67. The van der Waals surface area contributed by atoms with Crippen molar-refractivity contribution >= 4 is 32.9 Å². The quantitative estimate of drug-likeness (QED) is 0.573. The zero-order valence-electron chi connectivity index (χ0n) is 14.4. The van der Waals surface area contributed by atoms with Crippen LogP contribution in [0.5, 0.6) is 5.75 Å². The summed E-state index contributed by atoms with van der Waals surface area (Å²) in [6.07, 6.45) is 0. The predicted molar refractivity (Wildman–Crippen MR) is 102 cm³/mol. The molecule has 0 radical (unpaired) electrons. The Hall–Kier alpha value is -2.60. The van der Waals surface area contributed by atoms with Crippen LogP contribution >= 0.6 is 15.9 Å². The Labute approximate surface area is 158 Å². The van der Waals surface area contributed by atoms with E-state index in [4.69, 9.17) is 13.9 Å². The summed E-state index contributed by atoms with van der Waals surface area (Å²) < 4.78 is 17.0. The molecule has 6 heteroatoms. The van der Waals surface area contributed by atoms with Crippen molar-refractivity contribution in [3.8, 4) is 16.9 Å². The number of esters is 1. The van der Waals surface area contributed by atoms with Gasteiger partial charge in [0.05, 0.1) is 17.6 Å². The fourth-order valence-corrected chi connectivity index (χ4v) is 2.94. The normalized spacial score (nSPS) is 10.7. The van der Waals surface area contributed by atoms with Crippen molar-refractivity contribution < 1.29 is 18.7 Å². The summed E-state index contributed by atoms with van der Waals surface area (Å²) in [5.74, 6) is 0.507. The van der Waals surface area contributed by atoms with E-state index in [2.05, 4.69) is 15.9 Å². The molecule has 26 heavy (non-hydrogen) atoms. The number of aryl methyl sites for hydroxylation is 1. The lowest BCUT2D eigenvalue weighted by molar-refractivity contribution is -0.145. The third-order valence-corrected chi connectivity index (χ3v) is 4.36. The van der Waals surface area contributed by atoms with Gasteiger partial charge in [-0.15, -0.1) is 0 Å². The number of carbonyl (C=O) groups excluding carboxylic acids is 1. The Bertz CT molecular complexity index is 1010. The van der Waals surface area contributed by atoms with Crippen molar-refractivity contribution in [1.29, 1.82) is 0 Å². The largest absolute Gasteiger partial charge is 0.482 e. The van der Waals surface area contributed by atoms with Gasteiger partial charge in [-0.2, -0.15) is 0 Å². The topological polar surface area (TPSA) is 65.7 Å². The van der Waals surface area contributed by atoms with Crippen molar-refractivity contribution in [3.63, 3.8) is 0 Å². The lowest BCUT2D eigenvalue weighted by Crippen LogP contribution is -2.14. The number of rotatable bonds is 5. The Morgan fingerprint density at radius 3 is 2.58 bits per heavy atom. The molecule has 3 rings (SSSR count). The smallest absolute Gasteiger partial charge is 0.344 e. The highest BCUT2D eigenvalue weighted by Crippen LogP contribution is 2.27. The molecule has 0 fully saturated rings. The van der Waals surface area contributed by atoms with Gasteiger partial charge in [0, 0.05) is 10.5 Å². The van der Waals surface area contributed by atoms with Gasteiger partial charge >= 0.3 is 5.97 Å². The average Bonchev–Trinajstić information content (AvgIpc) is 2.61. The minimum Gasteiger partial charge on any atom is -0.482 e. The summed E-state index contributed by atoms with van der Waals surface area (Å²) in [6.45, 7) is 3.59. The molecule has 0 aliphatic rings. The summed E-state index contributed by atoms with van der Waals surface area (Å²) in [5.41, 5.74) is 1.63. The molecule has 2 aromatic carbocycles. The van der Waals surface area contributed by atoms with Gasteiger partial charge in [0.1, 0.15) is 17.1 Å². The number of hydrogen-bond acceptors (Lipinski definition) is 5. The van der Waals surface area contributed by atoms with E-state index in [1.165, 1.54) is 0 Å². The standard InChI is InChI=1S/C20H17BrO5/c1-3-24-18(22)11-25-15-8-9-16-17(10-15)26-12(2)19(20(16)23)13-4-6-14(21)7-5-13/h4-10H,3,11H2,1-2H3. The molecule has 0 N–H and O–H groups in total. The molecule has 134 valence electrons. The average molecular weight is 417 g/mol. The maximum absolute atomic E-state index is 12.9. The Kier molecular flexibility index (Phi) is 5.42. The van der Waals surface area contributed by atoms with E-state index < -0.39 is 5.97 Å². The fraction of sp³-hybridized carbons (Fsp3) is 0.200. The van der Waals surface area contributed by atoms with Crippen LogP contribution < -0.4 is 10.2 Å². The van der Waals surface area contributed by atoms with E-state index in [0.717, 1.165) is 10.0 Å². The predicted octanol–water partition coefficient (Wildman–Crippen LogP) is 4.47. The van der Waals surface area contributed by atoms with Gasteiger partial charge in [0.2, 0.25) is 5.43 Å². The minimum absolute atomic E-state index is 0.108. The van der Waals surface area contributed by atoms with Gasteiger partial charge in [0.25, 0.3) is 0 Å². The molecule has 0 spiro atoms. The van der Waals surface area contributed by atoms with E-state index in [1.807, 2.05) is 24.3 Å². The van der Waals surface area contributed by atoms with Crippen LogP contribution in [0.25, 0.3) is 22.1 Å². The number of benzene rings is 2. The van der Waals surface area contributed by atoms with E-state index >= 15 is 0 Å². The van der Waals surface area contributed by atoms with Crippen LogP contribution in [0.1, 0.15) is 12.7 Å². The number of ether oxygens (including phenoxy) is 2. The molecule has 0 aliphatic heterocycles. The molecule has 0 aliphatic carbocycles. The second-order valence-electron chi connectivity index (χ2n) is 5.62. The molecule has 0 saturated heterocycles. The maximum Gasteiger partial charge on any atom is 0.344 e. The third-order valence-electron chi connectivity index (χ3n) is 3.83. The molecule has 0 bridgehead atoms. The van der Waals surface area contributed by atoms with Crippen LogP contribution in [-0.2, 0) is 9.53 Å². The molecule has 0 atom stereocenters. The van der Waals surface area contributed by atoms with Crippen molar-refractivity contribution in [2.24, 2.45) is 0 Å². The summed E-state index contributed by atoms with van der Waals surface area (Å²) in [4.78, 5) is 24.3. The van der Waals surface area contributed by atoms with Gasteiger partial charge in [0.15, 0.2) is 6.61 Å². The molecule has 1 aromatic heterocycles. The first-order chi connectivity index (χ1) is 12.5. The lowest BCUT2D eigenvalue weighted by atomic mass is 10.0. The molecule has 0 unspecified atom stereocenters. The summed E-state index contributed by atoms with van der Waals surface area (Å²) in [7, 11) is 0. The molecule has 0 saturated carbocycles. The van der Waals surface area contributed by atoms with Gasteiger partial charge in [-0.1, -0.05) is 28.1 Å². The zero-order chi connectivity index (χ0) is 18.7. The maximum atomic E-state index is 12.9. The summed E-state index contributed by atoms with van der Waals surface area (Å²) in [5, 5.41) is 0.456. The van der Waals surface area contributed by atoms with Gasteiger partial charge < -0.3 is 13.9 Å². The van der Waals surface area contributed by atoms with Gasteiger partial charge in [-0.25, -0.2) is 4.79 Å². The van der Waals surface area contributed by atoms with Crippen molar-refractivity contribution in [1.82, 2.24) is 0 Å². The molecule has 5 nitrogen and oxygen atoms in total. The number of halogens is 1. The lowest BCUT2D eigenvalue weighted by Gasteiger charge is -2.09. The molecule has 1 heterocycles. The molecule has 3 aromatic rings. The minimum atomic E-state index is -0.448. The van der Waals surface area contributed by atoms with E-state index in [0.29, 0.717) is 34.6 Å². The van der Waals surface area contributed by atoms with Crippen LogP contribution in [0.3, 0.4) is 0 Å². The van der Waals surface area contributed by atoms with Crippen molar-refractivity contribution in [3.05, 3.63) is 62.9 Å². The Morgan fingerprint density at radius 2 is 1.88 bits per heavy atom. The van der Waals surface area contributed by atoms with E-state index in [-0.39, 0.29) is 12.0 Å². The monoisotopic (exact) mass is 416 g/mol. The van der Waals surface area contributed by atoms with Crippen LogP contribution in [0.15, 0.2) is 56.1 Å². The molecule has 0 amide bonds. The third kappa shape index (κ3) is 3.80. The Balaban J connectivity index is 1.97. The van der Waals surface area contributed by atoms with E-state index in [9.17, 15) is 9.59 Å². The van der Waals surface area contributed by atoms with Crippen LogP contribution in [0.2, 0.25) is 0 Å². The highest BCUT2D eigenvalue weighted by atomic mass is 79.9. The van der Waals surface area contributed by atoms with Crippen molar-refractivity contribution in [2.75, 3.05) is 13.2 Å². The molecular weight excluding hydrogens is 400 g/mol. The zero-order valence-corrected chi connectivity index (χ0v) is 16.0. The van der Waals surface area contributed by atoms with Gasteiger partial charge in [-0.3, -0.25) is 4.79 Å². The number of hydrogen-bond donors (Lipinski definition) is 0. The number of fused-ring (bicyclic) bond motifs is 1. The first-order valence-electron chi connectivity index (χ1n) is 8.11. The first kappa shape index (κ1) is 18.2. The second kappa shape index (κ2) is 7.74. The van der Waals surface area contributed by atoms with Crippen LogP contribution in [0, 0.1) is 6.92 Å². The first-order valence-corrected chi connectivity index (χ1v) is 8.90. The summed E-state index contributed by atoms with van der Waals surface area (Å²) in [6, 6.07) is 12.4. The second-order valence-corrected chi connectivity index (χ2v) is 6.54. The SMILES string of the molecule is CCOC(=O)COc1ccc2c(=O)c(-c3ccc(Br)cc3)c(C)oc2c1. The molecular formula is C20H17BrO5. The van der Waals surface area contributed by atoms with Gasteiger partial charge in [-0.05, 0) is 43.7 Å². The van der Waals surface area contributed by atoms with Crippen LogP contribution in [-0.4, -0.2) is 19.2 Å². The highest BCUT2D eigenvalue weighted by molar-refractivity contribution is 9.10. The highest BCUT2D eigenvalue weighted by Gasteiger charge is 2.14. The summed E-state index contributed by atoms with van der Waals surface area (Å²) >= 11 is 3.39. The van der Waals surface area contributed by atoms with Crippen LogP contribution in [0.4, 0.5) is 0 Å². The number of carbonyl (C=O) groups is 1. The van der Waals surface area contributed by atoms with Crippen molar-refractivity contribution in [2.45, 2.75) is 13.8 Å². The van der Waals surface area contributed by atoms with E-state index in [1.54, 1.807) is 32.0 Å².